The Labute approximate surface area is 111 Å². The van der Waals surface area contributed by atoms with Crippen LogP contribution in [0.25, 0.3) is 10.6 Å². The van der Waals surface area contributed by atoms with Gasteiger partial charge in [0.05, 0.1) is 4.88 Å². The van der Waals surface area contributed by atoms with Gasteiger partial charge in [-0.05, 0) is 34.1 Å². The van der Waals surface area contributed by atoms with Gasteiger partial charge in [0.15, 0.2) is 11.5 Å². The van der Waals surface area contributed by atoms with Crippen molar-refractivity contribution in [3.05, 3.63) is 27.7 Å². The van der Waals surface area contributed by atoms with Crippen LogP contribution < -0.4 is 15.2 Å². The molecule has 0 unspecified atom stereocenters. The van der Waals surface area contributed by atoms with Gasteiger partial charge in [-0.25, -0.2) is 4.98 Å². The number of aromatic nitrogens is 1. The van der Waals surface area contributed by atoms with Crippen LogP contribution in [-0.2, 0) is 6.54 Å². The molecule has 0 saturated carbocycles. The van der Waals surface area contributed by atoms with Crippen molar-refractivity contribution in [2.45, 2.75) is 6.54 Å². The summed E-state index contributed by atoms with van der Waals surface area (Å²) in [6.07, 6.45) is 0. The van der Waals surface area contributed by atoms with Gasteiger partial charge in [0.2, 0.25) is 6.79 Å². The van der Waals surface area contributed by atoms with Crippen LogP contribution in [0.15, 0.2) is 22.8 Å². The van der Waals surface area contributed by atoms with E-state index in [0.29, 0.717) is 6.54 Å². The molecule has 0 spiro atoms. The van der Waals surface area contributed by atoms with Crippen LogP contribution in [0.2, 0.25) is 0 Å². The summed E-state index contributed by atoms with van der Waals surface area (Å²) in [6, 6.07) is 5.81. The number of fused-ring (bicyclic) bond motifs is 1. The minimum Gasteiger partial charge on any atom is -0.454 e. The van der Waals surface area contributed by atoms with E-state index in [0.717, 1.165) is 31.6 Å². The van der Waals surface area contributed by atoms with Crippen LogP contribution >= 0.6 is 27.3 Å². The van der Waals surface area contributed by atoms with Crippen LogP contribution in [0, 0.1) is 0 Å². The Hall–Kier alpha value is -1.11. The SMILES string of the molecule is NCc1sc(-c2ccc3c(c2)OCO3)nc1Br. The van der Waals surface area contributed by atoms with Crippen molar-refractivity contribution < 1.29 is 9.47 Å². The summed E-state index contributed by atoms with van der Waals surface area (Å²) < 4.78 is 11.4. The lowest BCUT2D eigenvalue weighted by Crippen LogP contribution is -1.92. The third-order valence-corrected chi connectivity index (χ3v) is 4.50. The fourth-order valence-electron chi connectivity index (χ4n) is 1.61. The highest BCUT2D eigenvalue weighted by Crippen LogP contribution is 2.38. The van der Waals surface area contributed by atoms with E-state index >= 15 is 0 Å². The largest absolute Gasteiger partial charge is 0.454 e. The number of ether oxygens (including phenoxy) is 2. The van der Waals surface area contributed by atoms with E-state index in [1.54, 1.807) is 11.3 Å². The van der Waals surface area contributed by atoms with Gasteiger partial charge in [-0.15, -0.1) is 11.3 Å². The molecule has 0 atom stereocenters. The molecule has 6 heteroatoms. The monoisotopic (exact) mass is 312 g/mol. The molecule has 1 aliphatic heterocycles. The van der Waals surface area contributed by atoms with E-state index in [9.17, 15) is 0 Å². The Morgan fingerprint density at radius 1 is 1.35 bits per heavy atom. The number of benzene rings is 1. The fraction of sp³-hybridized carbons (Fsp3) is 0.182. The van der Waals surface area contributed by atoms with Gasteiger partial charge < -0.3 is 15.2 Å². The second-order valence-electron chi connectivity index (χ2n) is 3.51. The Bertz CT molecular complexity index is 571. The lowest BCUT2D eigenvalue weighted by Gasteiger charge is -1.98. The summed E-state index contributed by atoms with van der Waals surface area (Å²) >= 11 is 4.98. The Morgan fingerprint density at radius 2 is 2.18 bits per heavy atom. The molecule has 2 aromatic rings. The quantitative estimate of drug-likeness (QED) is 0.926. The molecule has 0 radical (unpaired) electrons. The first-order chi connectivity index (χ1) is 8.28. The molecule has 3 rings (SSSR count). The zero-order valence-corrected chi connectivity index (χ0v) is 11.2. The number of halogens is 1. The van der Waals surface area contributed by atoms with Crippen LogP contribution in [0.3, 0.4) is 0 Å². The lowest BCUT2D eigenvalue weighted by atomic mass is 10.2. The van der Waals surface area contributed by atoms with Crippen LogP contribution in [0.1, 0.15) is 4.88 Å². The molecule has 4 nitrogen and oxygen atoms in total. The summed E-state index contributed by atoms with van der Waals surface area (Å²) in [7, 11) is 0. The normalized spacial score (nSPS) is 13.1. The van der Waals surface area contributed by atoms with Gasteiger partial charge in [0, 0.05) is 12.1 Å². The summed E-state index contributed by atoms with van der Waals surface area (Å²) in [4.78, 5) is 5.48. The average Bonchev–Trinajstić information content (AvgIpc) is 2.93. The first-order valence-corrected chi connectivity index (χ1v) is 6.64. The molecule has 88 valence electrons. The maximum absolute atomic E-state index is 5.63. The first kappa shape index (κ1) is 11.0. The van der Waals surface area contributed by atoms with Crippen LogP contribution in [-0.4, -0.2) is 11.8 Å². The number of rotatable bonds is 2. The molecular formula is C11H9BrN2O2S. The molecule has 0 aliphatic carbocycles. The van der Waals surface area contributed by atoms with Crippen molar-refractivity contribution in [3.63, 3.8) is 0 Å². The zero-order valence-electron chi connectivity index (χ0n) is 8.77. The van der Waals surface area contributed by atoms with Crippen molar-refractivity contribution in [3.8, 4) is 22.1 Å². The van der Waals surface area contributed by atoms with E-state index in [1.807, 2.05) is 18.2 Å². The number of hydrogen-bond donors (Lipinski definition) is 1. The molecule has 0 bridgehead atoms. The maximum Gasteiger partial charge on any atom is 0.231 e. The first-order valence-electron chi connectivity index (χ1n) is 5.03. The van der Waals surface area contributed by atoms with Crippen molar-refractivity contribution in [2.24, 2.45) is 5.73 Å². The summed E-state index contributed by atoms with van der Waals surface area (Å²) in [5, 5.41) is 0.927. The fourth-order valence-corrected chi connectivity index (χ4v) is 3.14. The second kappa shape index (κ2) is 4.29. The van der Waals surface area contributed by atoms with E-state index in [2.05, 4.69) is 20.9 Å². The van der Waals surface area contributed by atoms with Crippen LogP contribution in [0.4, 0.5) is 0 Å². The van der Waals surface area contributed by atoms with E-state index < -0.39 is 0 Å². The topological polar surface area (TPSA) is 57.4 Å². The molecule has 17 heavy (non-hydrogen) atoms. The molecule has 2 heterocycles. The van der Waals surface area contributed by atoms with E-state index in [1.165, 1.54) is 0 Å². The number of thiazole rings is 1. The van der Waals surface area contributed by atoms with E-state index in [4.69, 9.17) is 15.2 Å². The number of nitrogens with two attached hydrogens (primary N) is 1. The predicted octanol–water partition coefficient (Wildman–Crippen LogP) is 2.76. The standard InChI is InChI=1S/C11H9BrN2O2S/c12-10-9(4-13)17-11(14-10)6-1-2-7-8(3-6)16-5-15-7/h1-3H,4-5,13H2. The molecular weight excluding hydrogens is 304 g/mol. The van der Waals surface area contributed by atoms with Crippen molar-refractivity contribution >= 4 is 27.3 Å². The highest BCUT2D eigenvalue weighted by molar-refractivity contribution is 9.10. The summed E-state index contributed by atoms with van der Waals surface area (Å²) in [6.45, 7) is 0.775. The third kappa shape index (κ3) is 1.92. The molecule has 2 N–H and O–H groups in total. The van der Waals surface area contributed by atoms with Gasteiger partial charge in [0.1, 0.15) is 9.61 Å². The molecule has 0 amide bonds. The van der Waals surface area contributed by atoms with Crippen LogP contribution in [0.5, 0.6) is 11.5 Å². The van der Waals surface area contributed by atoms with Gasteiger partial charge >= 0.3 is 0 Å². The maximum atomic E-state index is 5.63. The Morgan fingerprint density at radius 3 is 2.94 bits per heavy atom. The molecule has 0 fully saturated rings. The number of nitrogens with zero attached hydrogens (tertiary/aromatic N) is 1. The van der Waals surface area contributed by atoms with Gasteiger partial charge in [0.25, 0.3) is 0 Å². The molecule has 1 aliphatic rings. The predicted molar refractivity (Wildman–Crippen MR) is 69.3 cm³/mol. The van der Waals surface area contributed by atoms with E-state index in [-0.39, 0.29) is 6.79 Å². The average molecular weight is 313 g/mol. The molecule has 1 aromatic carbocycles. The van der Waals surface area contributed by atoms with Crippen molar-refractivity contribution in [1.82, 2.24) is 4.98 Å². The Kier molecular flexibility index (Phi) is 2.78. The van der Waals surface area contributed by atoms with Gasteiger partial charge in [-0.2, -0.15) is 0 Å². The number of hydrogen-bond acceptors (Lipinski definition) is 5. The third-order valence-electron chi connectivity index (χ3n) is 2.45. The minimum absolute atomic E-state index is 0.286. The highest BCUT2D eigenvalue weighted by atomic mass is 79.9. The zero-order chi connectivity index (χ0) is 11.8. The highest BCUT2D eigenvalue weighted by Gasteiger charge is 2.16. The van der Waals surface area contributed by atoms with Gasteiger partial charge in [-0.3, -0.25) is 0 Å². The summed E-state index contributed by atoms with van der Waals surface area (Å²) in [5.74, 6) is 1.55. The minimum atomic E-state index is 0.286. The van der Waals surface area contributed by atoms with Gasteiger partial charge in [-0.1, -0.05) is 0 Å². The smallest absolute Gasteiger partial charge is 0.231 e. The lowest BCUT2D eigenvalue weighted by molar-refractivity contribution is 0.174. The Balaban J connectivity index is 2.03. The molecule has 0 saturated heterocycles. The molecule has 1 aromatic heterocycles. The second-order valence-corrected chi connectivity index (χ2v) is 5.34. The summed E-state index contributed by atoms with van der Waals surface area (Å²) in [5.41, 5.74) is 6.64. The van der Waals surface area contributed by atoms with Crippen molar-refractivity contribution in [2.75, 3.05) is 6.79 Å². The van der Waals surface area contributed by atoms with Crippen molar-refractivity contribution in [1.29, 1.82) is 0 Å².